The summed E-state index contributed by atoms with van der Waals surface area (Å²) in [5.41, 5.74) is 22.9. The van der Waals surface area contributed by atoms with Crippen LogP contribution in [0.1, 0.15) is 51.6 Å². The highest BCUT2D eigenvalue weighted by molar-refractivity contribution is 5.92. The lowest BCUT2D eigenvalue weighted by Crippen LogP contribution is -2.08. The van der Waals surface area contributed by atoms with Gasteiger partial charge in [-0.1, -0.05) is 79.9 Å². The van der Waals surface area contributed by atoms with Gasteiger partial charge in [-0.3, -0.25) is 0 Å². The maximum Gasteiger partial charge on any atom is 0.0572 e. The number of H-pyrrole nitrogens is 1. The molecule has 238 valence electrons. The first-order chi connectivity index (χ1) is 23.4. The number of nitrogens with two attached hydrogens (primary N) is 1. The van der Waals surface area contributed by atoms with Crippen molar-refractivity contribution < 1.29 is 0 Å². The number of nitrogens with one attached hydrogen (secondary N) is 2. The van der Waals surface area contributed by atoms with Crippen molar-refractivity contribution in [1.82, 2.24) is 14.9 Å². The molecule has 0 spiro atoms. The first-order valence-corrected chi connectivity index (χ1v) is 16.3. The minimum Gasteiger partial charge on any atom is -0.404 e. The Labute approximate surface area is 284 Å². The van der Waals surface area contributed by atoms with Gasteiger partial charge in [-0.15, -0.1) is 0 Å². The Morgan fingerprint density at radius 2 is 1.69 bits per heavy atom. The van der Waals surface area contributed by atoms with Crippen LogP contribution >= 0.6 is 0 Å². The van der Waals surface area contributed by atoms with Crippen LogP contribution in [-0.2, 0) is 0 Å². The van der Waals surface area contributed by atoms with E-state index >= 15 is 0 Å². The fraction of sp³-hybridized carbons (Fsp3) is 0.0909. The lowest BCUT2D eigenvalue weighted by Gasteiger charge is -2.17. The molecule has 0 fully saturated rings. The summed E-state index contributed by atoms with van der Waals surface area (Å²) < 4.78 is 2.37. The fourth-order valence-corrected chi connectivity index (χ4v) is 6.36. The van der Waals surface area contributed by atoms with Crippen LogP contribution in [0.15, 0.2) is 141 Å². The summed E-state index contributed by atoms with van der Waals surface area (Å²) in [6, 6.07) is 27.8. The van der Waals surface area contributed by atoms with E-state index < -0.39 is 0 Å². The van der Waals surface area contributed by atoms with Crippen LogP contribution < -0.4 is 11.1 Å². The highest BCUT2D eigenvalue weighted by atomic mass is 15.0. The molecule has 4 nitrogen and oxygen atoms in total. The summed E-state index contributed by atoms with van der Waals surface area (Å²) >= 11 is 0. The molecule has 0 amide bonds. The Bertz CT molecular complexity index is 2130. The third-order valence-electron chi connectivity index (χ3n) is 9.11. The van der Waals surface area contributed by atoms with E-state index in [2.05, 4.69) is 152 Å². The molecule has 0 aliphatic carbocycles. The van der Waals surface area contributed by atoms with Gasteiger partial charge in [-0.05, 0) is 137 Å². The van der Waals surface area contributed by atoms with E-state index in [1.54, 1.807) is 6.20 Å². The van der Waals surface area contributed by atoms with Crippen LogP contribution in [0.5, 0.6) is 0 Å². The molecule has 48 heavy (non-hydrogen) atoms. The molecule has 4 N–H and O–H groups in total. The zero-order chi connectivity index (χ0) is 33.6. The van der Waals surface area contributed by atoms with Gasteiger partial charge < -0.3 is 20.6 Å². The molecule has 1 aliphatic rings. The molecule has 0 unspecified atom stereocenters. The molecule has 0 saturated heterocycles. The summed E-state index contributed by atoms with van der Waals surface area (Å²) in [6.45, 7) is 15.8. The Balaban J connectivity index is 1.50. The van der Waals surface area contributed by atoms with Crippen LogP contribution in [0, 0.1) is 13.8 Å². The van der Waals surface area contributed by atoms with E-state index in [9.17, 15) is 0 Å². The molecular formula is C44H42N4. The number of para-hydroxylation sites is 1. The maximum atomic E-state index is 6.19. The number of aromatic amines is 1. The predicted molar refractivity (Wildman–Crippen MR) is 207 cm³/mol. The van der Waals surface area contributed by atoms with Gasteiger partial charge in [0.05, 0.1) is 11.4 Å². The van der Waals surface area contributed by atoms with Crippen LogP contribution in [0.4, 0.5) is 0 Å². The Morgan fingerprint density at radius 1 is 0.875 bits per heavy atom. The van der Waals surface area contributed by atoms with E-state index in [0.717, 1.165) is 68.2 Å². The largest absolute Gasteiger partial charge is 0.404 e. The van der Waals surface area contributed by atoms with Crippen LogP contribution in [0.3, 0.4) is 0 Å². The van der Waals surface area contributed by atoms with Crippen molar-refractivity contribution in [2.24, 2.45) is 5.73 Å². The van der Waals surface area contributed by atoms with Crippen molar-refractivity contribution in [1.29, 1.82) is 0 Å². The van der Waals surface area contributed by atoms with Crippen LogP contribution in [0.25, 0.3) is 51.4 Å². The van der Waals surface area contributed by atoms with Crippen molar-refractivity contribution >= 4 is 34.4 Å². The van der Waals surface area contributed by atoms with E-state index in [0.29, 0.717) is 0 Å². The SMILES string of the molecule is C=C/C(=C\c1c(C)c(C)c(-c2ccc(C(/C=C(\C)c3cc[nH]c3)=C/N)cc2C=C)n1-c1ccccc1)c1cccc(C2=CCNC=C2)c1. The normalized spacial score (nSPS) is 13.6. The van der Waals surface area contributed by atoms with E-state index in [1.807, 2.05) is 30.7 Å². The first-order valence-electron chi connectivity index (χ1n) is 16.3. The molecular weight excluding hydrogens is 585 g/mol. The monoisotopic (exact) mass is 626 g/mol. The highest BCUT2D eigenvalue weighted by Gasteiger charge is 2.21. The Kier molecular flexibility index (Phi) is 9.45. The quantitative estimate of drug-likeness (QED) is 0.135. The first kappa shape index (κ1) is 32.0. The van der Waals surface area contributed by atoms with Crippen molar-refractivity contribution in [3.8, 4) is 16.9 Å². The molecule has 0 bridgehead atoms. The van der Waals surface area contributed by atoms with Gasteiger partial charge in [0.1, 0.15) is 0 Å². The summed E-state index contributed by atoms with van der Waals surface area (Å²) in [5, 5.41) is 3.24. The number of benzene rings is 3. The van der Waals surface area contributed by atoms with Gasteiger partial charge in [-0.2, -0.15) is 0 Å². The van der Waals surface area contributed by atoms with Gasteiger partial charge in [0.15, 0.2) is 0 Å². The molecule has 3 heterocycles. The molecule has 0 saturated carbocycles. The van der Waals surface area contributed by atoms with Crippen molar-refractivity contribution in [2.75, 3.05) is 6.54 Å². The standard InChI is InChI=1S/C44H42N4/c1-6-33(36-12-11-13-37(26-36)35-18-21-46-22-19-35)27-43-31(4)32(5)44(48(43)41-14-9-8-10-15-41)42-17-16-38(25-34(42)7-2)40(28-45)24-30(3)39-20-23-47-29-39/h6-21,23-29,46-47H,1-2,22,45H2,3-5H3/b30-24+,33-27+,40-28+. The lowest BCUT2D eigenvalue weighted by atomic mass is 9.94. The second-order valence-electron chi connectivity index (χ2n) is 12.0. The number of hydrogen-bond donors (Lipinski definition) is 3. The molecule has 2 aromatic heterocycles. The van der Waals surface area contributed by atoms with Gasteiger partial charge in [-0.25, -0.2) is 0 Å². The lowest BCUT2D eigenvalue weighted by molar-refractivity contribution is 0.976. The predicted octanol–water partition coefficient (Wildman–Crippen LogP) is 10.4. The number of rotatable bonds is 10. The van der Waals surface area contributed by atoms with Crippen molar-refractivity contribution in [3.05, 3.63) is 186 Å². The average molecular weight is 627 g/mol. The number of hydrogen-bond acceptors (Lipinski definition) is 2. The number of dihydropyridines is 1. The van der Waals surface area contributed by atoms with E-state index in [4.69, 9.17) is 5.73 Å². The van der Waals surface area contributed by atoms with Crippen molar-refractivity contribution in [3.63, 3.8) is 0 Å². The molecule has 4 heteroatoms. The van der Waals surface area contributed by atoms with E-state index in [-0.39, 0.29) is 0 Å². The second kappa shape index (κ2) is 14.2. The average Bonchev–Trinajstić information content (AvgIpc) is 3.77. The summed E-state index contributed by atoms with van der Waals surface area (Å²) in [7, 11) is 0. The van der Waals surface area contributed by atoms with E-state index in [1.165, 1.54) is 22.3 Å². The number of aromatic nitrogens is 2. The number of allylic oxidation sites excluding steroid dienone is 7. The Hall–Kier alpha value is -6.00. The van der Waals surface area contributed by atoms with Gasteiger partial charge in [0.25, 0.3) is 0 Å². The van der Waals surface area contributed by atoms with Gasteiger partial charge in [0.2, 0.25) is 0 Å². The third kappa shape index (κ3) is 6.33. The summed E-state index contributed by atoms with van der Waals surface area (Å²) in [6.07, 6.45) is 20.2. The molecule has 0 radical (unpaired) electrons. The van der Waals surface area contributed by atoms with Gasteiger partial charge >= 0.3 is 0 Å². The topological polar surface area (TPSA) is 58.8 Å². The zero-order valence-electron chi connectivity index (χ0n) is 27.9. The minimum absolute atomic E-state index is 0.827. The fourth-order valence-electron chi connectivity index (χ4n) is 6.36. The highest BCUT2D eigenvalue weighted by Crippen LogP contribution is 2.39. The zero-order valence-corrected chi connectivity index (χ0v) is 27.9. The molecule has 0 atom stereocenters. The third-order valence-corrected chi connectivity index (χ3v) is 9.11. The second-order valence-corrected chi connectivity index (χ2v) is 12.0. The molecule has 5 aromatic rings. The molecule has 1 aliphatic heterocycles. The molecule has 3 aromatic carbocycles. The minimum atomic E-state index is 0.827. The number of nitrogens with zero attached hydrogens (tertiary/aromatic N) is 1. The van der Waals surface area contributed by atoms with Crippen LogP contribution in [-0.4, -0.2) is 16.1 Å². The van der Waals surface area contributed by atoms with Crippen LogP contribution in [0.2, 0.25) is 0 Å². The van der Waals surface area contributed by atoms with Crippen molar-refractivity contribution in [2.45, 2.75) is 20.8 Å². The smallest absolute Gasteiger partial charge is 0.0572 e. The molecule has 6 rings (SSSR count). The maximum absolute atomic E-state index is 6.19. The summed E-state index contributed by atoms with van der Waals surface area (Å²) in [5.74, 6) is 0. The summed E-state index contributed by atoms with van der Waals surface area (Å²) in [4.78, 5) is 3.13. The Morgan fingerprint density at radius 3 is 2.38 bits per heavy atom. The van der Waals surface area contributed by atoms with Gasteiger partial charge in [0, 0.05) is 36.4 Å².